The van der Waals surface area contributed by atoms with E-state index < -0.39 is 23.5 Å². The van der Waals surface area contributed by atoms with Crippen LogP contribution in [0, 0.1) is 17.5 Å². The van der Waals surface area contributed by atoms with Crippen molar-refractivity contribution in [3.8, 4) is 16.9 Å². The van der Waals surface area contributed by atoms with Gasteiger partial charge in [-0.3, -0.25) is 4.79 Å². The number of amides is 1. The van der Waals surface area contributed by atoms with E-state index in [2.05, 4.69) is 10.00 Å². The zero-order chi connectivity index (χ0) is 27.5. The first-order valence-corrected chi connectivity index (χ1v) is 12.5. The van der Waals surface area contributed by atoms with Crippen molar-refractivity contribution in [2.24, 2.45) is 0 Å². The van der Waals surface area contributed by atoms with E-state index in [1.807, 2.05) is 24.3 Å². The first-order valence-electron chi connectivity index (χ1n) is 12.5. The van der Waals surface area contributed by atoms with Crippen molar-refractivity contribution in [1.29, 1.82) is 0 Å². The van der Waals surface area contributed by atoms with Gasteiger partial charge in [-0.1, -0.05) is 12.1 Å². The first kappa shape index (κ1) is 26.0. The maximum atomic E-state index is 14.1. The van der Waals surface area contributed by atoms with Gasteiger partial charge in [0.15, 0.2) is 5.69 Å². The summed E-state index contributed by atoms with van der Waals surface area (Å²) in [6, 6.07) is 17.9. The first-order chi connectivity index (χ1) is 18.8. The molecule has 0 saturated carbocycles. The predicted octanol–water partition coefficient (Wildman–Crippen LogP) is 5.10. The molecule has 7 nitrogen and oxygen atoms in total. The minimum atomic E-state index is -0.745. The van der Waals surface area contributed by atoms with E-state index in [0.717, 1.165) is 29.4 Å². The SMILES string of the molecule is CCOC(=O)c1cc(-c2ccc(N3CCN(C(=O)c4cc(F)ccc4F)CC3)cc2)n(-c2ccc(F)cc2)n1. The number of piperazine rings is 1. The molecule has 5 rings (SSSR count). The van der Waals surface area contributed by atoms with Crippen LogP contribution >= 0.6 is 0 Å². The third-order valence-electron chi connectivity index (χ3n) is 6.52. The molecule has 10 heteroatoms. The summed E-state index contributed by atoms with van der Waals surface area (Å²) in [6.07, 6.45) is 0. The molecule has 1 aliphatic rings. The van der Waals surface area contributed by atoms with Gasteiger partial charge in [-0.15, -0.1) is 0 Å². The number of carbonyl (C=O) groups is 2. The quantitative estimate of drug-likeness (QED) is 0.322. The standard InChI is InChI=1S/C29H25F3N4O3/c1-2-39-29(38)26-18-27(36(33-26)23-10-5-20(30)6-11-23)19-3-8-22(9-4-19)34-13-15-35(16-14-34)28(37)24-17-21(31)7-12-25(24)32/h3-12,17-18H,2,13-16H2,1H3. The monoisotopic (exact) mass is 534 g/mol. The summed E-state index contributed by atoms with van der Waals surface area (Å²) in [5, 5.41) is 4.40. The molecular weight excluding hydrogens is 509 g/mol. The number of hydrogen-bond acceptors (Lipinski definition) is 5. The molecule has 200 valence electrons. The summed E-state index contributed by atoms with van der Waals surface area (Å²) in [6.45, 7) is 3.67. The Kier molecular flexibility index (Phi) is 7.36. The molecule has 0 N–H and O–H groups in total. The van der Waals surface area contributed by atoms with Crippen molar-refractivity contribution in [3.05, 3.63) is 102 Å². The zero-order valence-corrected chi connectivity index (χ0v) is 21.1. The highest BCUT2D eigenvalue weighted by Gasteiger charge is 2.25. The van der Waals surface area contributed by atoms with Crippen LogP contribution in [0.1, 0.15) is 27.8 Å². The minimum Gasteiger partial charge on any atom is -0.461 e. The number of aromatic nitrogens is 2. The molecule has 0 atom stereocenters. The van der Waals surface area contributed by atoms with Crippen molar-refractivity contribution in [2.75, 3.05) is 37.7 Å². The lowest BCUT2D eigenvalue weighted by atomic mass is 10.1. The number of halogens is 3. The average Bonchev–Trinajstić information content (AvgIpc) is 3.40. The van der Waals surface area contributed by atoms with Crippen molar-refractivity contribution in [1.82, 2.24) is 14.7 Å². The predicted molar refractivity (Wildman–Crippen MR) is 139 cm³/mol. The van der Waals surface area contributed by atoms with Gasteiger partial charge in [-0.05, 0) is 67.6 Å². The van der Waals surface area contributed by atoms with Gasteiger partial charge >= 0.3 is 5.97 Å². The Morgan fingerprint density at radius 3 is 2.13 bits per heavy atom. The second-order valence-corrected chi connectivity index (χ2v) is 8.97. The maximum Gasteiger partial charge on any atom is 0.358 e. The molecule has 3 aromatic carbocycles. The summed E-state index contributed by atoms with van der Waals surface area (Å²) in [4.78, 5) is 28.7. The Bertz CT molecular complexity index is 1500. The van der Waals surface area contributed by atoms with Gasteiger partial charge in [0.25, 0.3) is 5.91 Å². The molecule has 0 radical (unpaired) electrons. The lowest BCUT2D eigenvalue weighted by Gasteiger charge is -2.36. The molecule has 2 heterocycles. The van der Waals surface area contributed by atoms with Crippen LogP contribution in [0.3, 0.4) is 0 Å². The maximum absolute atomic E-state index is 14.1. The fraction of sp³-hybridized carbons (Fsp3) is 0.207. The van der Waals surface area contributed by atoms with Crippen LogP contribution in [-0.2, 0) is 4.74 Å². The van der Waals surface area contributed by atoms with Gasteiger partial charge in [0, 0.05) is 37.4 Å². The van der Waals surface area contributed by atoms with E-state index >= 15 is 0 Å². The Labute approximate surface area is 223 Å². The summed E-state index contributed by atoms with van der Waals surface area (Å²) < 4.78 is 47.8. The van der Waals surface area contributed by atoms with Crippen LogP contribution in [-0.4, -0.2) is 59.3 Å². The number of anilines is 1. The molecular formula is C29H25F3N4O3. The third-order valence-corrected chi connectivity index (χ3v) is 6.52. The van der Waals surface area contributed by atoms with Gasteiger partial charge in [0.1, 0.15) is 17.5 Å². The van der Waals surface area contributed by atoms with Crippen LogP contribution in [0.2, 0.25) is 0 Å². The Hall–Kier alpha value is -4.60. The molecule has 0 aliphatic carbocycles. The summed E-state index contributed by atoms with van der Waals surface area (Å²) in [7, 11) is 0. The number of carbonyl (C=O) groups excluding carboxylic acids is 2. The number of rotatable bonds is 6. The van der Waals surface area contributed by atoms with Crippen LogP contribution < -0.4 is 4.90 Å². The minimum absolute atomic E-state index is 0.135. The van der Waals surface area contributed by atoms with Crippen LogP contribution in [0.15, 0.2) is 72.8 Å². The molecule has 1 aliphatic heterocycles. The van der Waals surface area contributed by atoms with Crippen LogP contribution in [0.5, 0.6) is 0 Å². The number of esters is 1. The zero-order valence-electron chi connectivity index (χ0n) is 21.1. The van der Waals surface area contributed by atoms with E-state index in [9.17, 15) is 22.8 Å². The van der Waals surface area contributed by atoms with Crippen molar-refractivity contribution in [3.63, 3.8) is 0 Å². The largest absolute Gasteiger partial charge is 0.461 e. The van der Waals surface area contributed by atoms with E-state index in [4.69, 9.17) is 4.74 Å². The van der Waals surface area contributed by atoms with Crippen molar-refractivity contribution < 1.29 is 27.5 Å². The Balaban J connectivity index is 1.33. The van der Waals surface area contributed by atoms with E-state index in [1.54, 1.807) is 29.8 Å². The highest BCUT2D eigenvalue weighted by atomic mass is 19.1. The van der Waals surface area contributed by atoms with Crippen molar-refractivity contribution >= 4 is 17.6 Å². The van der Waals surface area contributed by atoms with Gasteiger partial charge in [0.05, 0.1) is 23.6 Å². The molecule has 0 spiro atoms. The number of benzene rings is 3. The normalized spacial score (nSPS) is 13.4. The summed E-state index contributed by atoms with van der Waals surface area (Å²) in [5.74, 6) is -2.88. The van der Waals surface area contributed by atoms with Gasteiger partial charge in [-0.25, -0.2) is 22.6 Å². The molecule has 1 amide bonds. The van der Waals surface area contributed by atoms with E-state index in [1.165, 1.54) is 17.0 Å². The Morgan fingerprint density at radius 2 is 1.46 bits per heavy atom. The van der Waals surface area contributed by atoms with Gasteiger partial charge in [-0.2, -0.15) is 5.10 Å². The van der Waals surface area contributed by atoms with Crippen LogP contribution in [0.25, 0.3) is 16.9 Å². The second-order valence-electron chi connectivity index (χ2n) is 8.97. The molecule has 4 aromatic rings. The molecule has 39 heavy (non-hydrogen) atoms. The lowest BCUT2D eigenvalue weighted by Crippen LogP contribution is -2.49. The highest BCUT2D eigenvalue weighted by molar-refractivity contribution is 5.94. The number of hydrogen-bond donors (Lipinski definition) is 0. The average molecular weight is 535 g/mol. The molecule has 1 saturated heterocycles. The number of ether oxygens (including phenoxy) is 1. The highest BCUT2D eigenvalue weighted by Crippen LogP contribution is 2.28. The van der Waals surface area contributed by atoms with E-state index in [0.29, 0.717) is 37.6 Å². The molecule has 0 bridgehead atoms. The Morgan fingerprint density at radius 1 is 0.821 bits per heavy atom. The smallest absolute Gasteiger partial charge is 0.358 e. The number of nitrogens with zero attached hydrogens (tertiary/aromatic N) is 4. The van der Waals surface area contributed by atoms with Gasteiger partial charge in [0.2, 0.25) is 0 Å². The molecule has 0 unspecified atom stereocenters. The molecule has 1 aromatic heterocycles. The summed E-state index contributed by atoms with van der Waals surface area (Å²) in [5.41, 5.74) is 2.77. The topological polar surface area (TPSA) is 67.7 Å². The summed E-state index contributed by atoms with van der Waals surface area (Å²) >= 11 is 0. The third kappa shape index (κ3) is 5.50. The van der Waals surface area contributed by atoms with E-state index in [-0.39, 0.29) is 23.7 Å². The van der Waals surface area contributed by atoms with Crippen molar-refractivity contribution in [2.45, 2.75) is 6.92 Å². The molecule has 1 fully saturated rings. The lowest BCUT2D eigenvalue weighted by molar-refractivity contribution is 0.0518. The fourth-order valence-corrected chi connectivity index (χ4v) is 4.51. The fourth-order valence-electron chi connectivity index (χ4n) is 4.51. The van der Waals surface area contributed by atoms with Gasteiger partial charge < -0.3 is 14.5 Å². The second kappa shape index (κ2) is 11.0. The van der Waals surface area contributed by atoms with Crippen LogP contribution in [0.4, 0.5) is 18.9 Å².